The maximum absolute atomic E-state index is 12.1. The van der Waals surface area contributed by atoms with Crippen LogP contribution < -0.4 is 27.2 Å². The second-order valence-electron chi connectivity index (χ2n) is 5.12. The van der Waals surface area contributed by atoms with Gasteiger partial charge in [0, 0.05) is 17.4 Å². The van der Waals surface area contributed by atoms with Crippen molar-refractivity contribution in [2.45, 2.75) is 38.3 Å². The summed E-state index contributed by atoms with van der Waals surface area (Å²) < 4.78 is 0. The summed E-state index contributed by atoms with van der Waals surface area (Å²) in [7, 11) is 0. The van der Waals surface area contributed by atoms with Crippen LogP contribution in [-0.2, 0) is 4.79 Å². The predicted molar refractivity (Wildman–Crippen MR) is 81.7 cm³/mol. The average molecular weight is 291 g/mol. The minimum Gasteiger partial charge on any atom is -0.351 e. The Balaban J connectivity index is 1.86. The van der Waals surface area contributed by atoms with E-state index >= 15 is 0 Å². The summed E-state index contributed by atoms with van der Waals surface area (Å²) in [6.07, 6.45) is 2.91. The van der Waals surface area contributed by atoms with Crippen LogP contribution in [0, 0.1) is 0 Å². The minimum atomic E-state index is -0.616. The Morgan fingerprint density at radius 3 is 2.38 bits per heavy atom. The fourth-order valence-corrected chi connectivity index (χ4v) is 2.34. The standard InChI is InChI=1S/C14H21N5O2/c1-2-3-11-8-12(19-18-11)13(20)16-9-4-6-10(7-5-9)17-14(15)21/h4-7,11-12,18-19H,2-3,8H2,1H3,(H,16,20)(H3,15,17,21). The molecule has 0 aliphatic carbocycles. The highest BCUT2D eigenvalue weighted by Crippen LogP contribution is 2.16. The van der Waals surface area contributed by atoms with Crippen molar-refractivity contribution >= 4 is 23.3 Å². The molecule has 2 atom stereocenters. The number of amides is 3. The maximum atomic E-state index is 12.1. The van der Waals surface area contributed by atoms with Gasteiger partial charge in [0.2, 0.25) is 5.91 Å². The van der Waals surface area contributed by atoms with Crippen molar-refractivity contribution in [3.8, 4) is 0 Å². The van der Waals surface area contributed by atoms with Crippen molar-refractivity contribution < 1.29 is 9.59 Å². The van der Waals surface area contributed by atoms with E-state index in [1.807, 2.05) is 0 Å². The van der Waals surface area contributed by atoms with E-state index in [4.69, 9.17) is 5.73 Å². The molecule has 114 valence electrons. The number of rotatable bonds is 5. The van der Waals surface area contributed by atoms with E-state index in [9.17, 15) is 9.59 Å². The SMILES string of the molecule is CCCC1CC(C(=O)Nc2ccc(NC(N)=O)cc2)NN1. The van der Waals surface area contributed by atoms with Gasteiger partial charge in [-0.1, -0.05) is 13.3 Å². The number of urea groups is 1. The zero-order chi connectivity index (χ0) is 15.2. The van der Waals surface area contributed by atoms with Gasteiger partial charge in [-0.15, -0.1) is 0 Å². The van der Waals surface area contributed by atoms with Gasteiger partial charge in [-0.3, -0.25) is 10.2 Å². The van der Waals surface area contributed by atoms with E-state index in [1.165, 1.54) is 0 Å². The van der Waals surface area contributed by atoms with Crippen LogP contribution in [0.2, 0.25) is 0 Å². The van der Waals surface area contributed by atoms with Gasteiger partial charge in [-0.05, 0) is 37.1 Å². The Morgan fingerprint density at radius 1 is 1.19 bits per heavy atom. The van der Waals surface area contributed by atoms with E-state index in [-0.39, 0.29) is 11.9 Å². The summed E-state index contributed by atoms with van der Waals surface area (Å²) in [6, 6.07) is 6.29. The summed E-state index contributed by atoms with van der Waals surface area (Å²) in [5.41, 5.74) is 12.4. The molecule has 1 aromatic carbocycles. The monoisotopic (exact) mass is 291 g/mol. The molecule has 6 N–H and O–H groups in total. The third-order valence-corrected chi connectivity index (χ3v) is 3.36. The Kier molecular flexibility index (Phi) is 5.13. The summed E-state index contributed by atoms with van der Waals surface area (Å²) in [5, 5.41) is 5.31. The molecule has 1 saturated heterocycles. The van der Waals surface area contributed by atoms with Crippen LogP contribution in [-0.4, -0.2) is 24.0 Å². The second-order valence-corrected chi connectivity index (χ2v) is 5.12. The lowest BCUT2D eigenvalue weighted by atomic mass is 10.1. The smallest absolute Gasteiger partial charge is 0.316 e. The molecule has 0 bridgehead atoms. The number of hydrogen-bond donors (Lipinski definition) is 5. The van der Waals surface area contributed by atoms with Gasteiger partial charge in [0.15, 0.2) is 0 Å². The Hall–Kier alpha value is -2.12. The Labute approximate surface area is 123 Å². The van der Waals surface area contributed by atoms with Gasteiger partial charge in [0.1, 0.15) is 6.04 Å². The third kappa shape index (κ3) is 4.44. The first kappa shape index (κ1) is 15.3. The number of primary amides is 1. The summed E-state index contributed by atoms with van der Waals surface area (Å²) in [5.74, 6) is -0.0725. The van der Waals surface area contributed by atoms with E-state index in [0.29, 0.717) is 17.4 Å². The van der Waals surface area contributed by atoms with Crippen LogP contribution in [0.25, 0.3) is 0 Å². The molecular weight excluding hydrogens is 270 g/mol. The molecule has 2 rings (SSSR count). The summed E-state index contributed by atoms with van der Waals surface area (Å²) >= 11 is 0. The minimum absolute atomic E-state index is 0.0725. The number of anilines is 2. The largest absolute Gasteiger partial charge is 0.351 e. The van der Waals surface area contributed by atoms with E-state index < -0.39 is 6.03 Å². The van der Waals surface area contributed by atoms with Crippen LogP contribution in [0.1, 0.15) is 26.2 Å². The number of benzene rings is 1. The first-order chi connectivity index (χ1) is 10.1. The van der Waals surface area contributed by atoms with Gasteiger partial charge < -0.3 is 16.4 Å². The Morgan fingerprint density at radius 2 is 1.81 bits per heavy atom. The molecule has 1 aliphatic rings. The van der Waals surface area contributed by atoms with Crippen LogP contribution in [0.5, 0.6) is 0 Å². The molecule has 2 unspecified atom stereocenters. The molecule has 0 radical (unpaired) electrons. The van der Waals surface area contributed by atoms with Crippen LogP contribution in [0.4, 0.5) is 16.2 Å². The van der Waals surface area contributed by atoms with Crippen LogP contribution >= 0.6 is 0 Å². The topological polar surface area (TPSA) is 108 Å². The highest BCUT2D eigenvalue weighted by Gasteiger charge is 2.28. The third-order valence-electron chi connectivity index (χ3n) is 3.36. The molecule has 1 fully saturated rings. The van der Waals surface area contributed by atoms with Gasteiger partial charge in [-0.25, -0.2) is 10.2 Å². The van der Waals surface area contributed by atoms with Crippen molar-refractivity contribution in [2.24, 2.45) is 5.73 Å². The van der Waals surface area contributed by atoms with E-state index in [2.05, 4.69) is 28.4 Å². The van der Waals surface area contributed by atoms with Crippen molar-refractivity contribution in [3.05, 3.63) is 24.3 Å². The highest BCUT2D eigenvalue weighted by atomic mass is 16.2. The van der Waals surface area contributed by atoms with E-state index in [0.717, 1.165) is 19.3 Å². The quantitative estimate of drug-likeness (QED) is 0.560. The molecule has 7 heteroatoms. The number of carbonyl (C=O) groups excluding carboxylic acids is 2. The molecule has 21 heavy (non-hydrogen) atoms. The molecule has 1 heterocycles. The number of nitrogens with two attached hydrogens (primary N) is 1. The predicted octanol–water partition coefficient (Wildman–Crippen LogP) is 1.15. The first-order valence-corrected chi connectivity index (χ1v) is 7.07. The summed E-state index contributed by atoms with van der Waals surface area (Å²) in [6.45, 7) is 2.12. The molecule has 0 saturated carbocycles. The van der Waals surface area contributed by atoms with Crippen LogP contribution in [0.3, 0.4) is 0 Å². The molecule has 1 aliphatic heterocycles. The molecule has 0 aromatic heterocycles. The highest BCUT2D eigenvalue weighted by molar-refractivity contribution is 5.95. The zero-order valence-corrected chi connectivity index (χ0v) is 12.0. The van der Waals surface area contributed by atoms with Crippen molar-refractivity contribution in [1.82, 2.24) is 10.9 Å². The van der Waals surface area contributed by atoms with Crippen molar-refractivity contribution in [2.75, 3.05) is 10.6 Å². The van der Waals surface area contributed by atoms with Gasteiger partial charge >= 0.3 is 6.03 Å². The maximum Gasteiger partial charge on any atom is 0.316 e. The molecule has 7 nitrogen and oxygen atoms in total. The van der Waals surface area contributed by atoms with E-state index in [1.54, 1.807) is 24.3 Å². The fraction of sp³-hybridized carbons (Fsp3) is 0.429. The average Bonchev–Trinajstić information content (AvgIpc) is 2.89. The van der Waals surface area contributed by atoms with Crippen LogP contribution in [0.15, 0.2) is 24.3 Å². The van der Waals surface area contributed by atoms with Gasteiger partial charge in [0.05, 0.1) is 0 Å². The fourth-order valence-electron chi connectivity index (χ4n) is 2.34. The van der Waals surface area contributed by atoms with Gasteiger partial charge in [0.25, 0.3) is 0 Å². The number of carbonyl (C=O) groups is 2. The lowest BCUT2D eigenvalue weighted by Gasteiger charge is -2.11. The number of hydrazine groups is 1. The second kappa shape index (κ2) is 7.05. The summed E-state index contributed by atoms with van der Waals surface area (Å²) in [4.78, 5) is 22.8. The molecular formula is C14H21N5O2. The van der Waals surface area contributed by atoms with Crippen molar-refractivity contribution in [1.29, 1.82) is 0 Å². The molecule has 1 aromatic rings. The molecule has 0 spiro atoms. The first-order valence-electron chi connectivity index (χ1n) is 7.07. The number of nitrogens with one attached hydrogen (secondary N) is 4. The lowest BCUT2D eigenvalue weighted by Crippen LogP contribution is -2.40. The number of hydrogen-bond acceptors (Lipinski definition) is 4. The zero-order valence-electron chi connectivity index (χ0n) is 12.0. The normalized spacial score (nSPS) is 21.0. The molecule has 3 amide bonds. The Bertz CT molecular complexity index is 503. The lowest BCUT2D eigenvalue weighted by molar-refractivity contribution is -0.117. The van der Waals surface area contributed by atoms with Crippen molar-refractivity contribution in [3.63, 3.8) is 0 Å². The van der Waals surface area contributed by atoms with Gasteiger partial charge in [-0.2, -0.15) is 0 Å².